The molecule has 0 aliphatic carbocycles. The molecule has 0 aliphatic heterocycles. The number of hydrogen-bond acceptors (Lipinski definition) is 4. The third-order valence-corrected chi connectivity index (χ3v) is 2.23. The molecule has 0 spiro atoms. The monoisotopic (exact) mass is 223 g/mol. The lowest BCUT2D eigenvalue weighted by Crippen LogP contribution is -2.29. The molecule has 1 heterocycles. The standard InChI is InChI=1S/C11H17N3O2/c12-7-3-1-5-9(11(15)16)14-10-6-2-4-8-13-10/h2,4,6,8-9H,1,3,5,7,12H2,(H,13,14)(H,15,16)/t9-/m0/s1. The SMILES string of the molecule is NCCCC[C@H](Nc1ccccn1)C(=O)O. The summed E-state index contributed by atoms with van der Waals surface area (Å²) >= 11 is 0. The van der Waals surface area contributed by atoms with Gasteiger partial charge in [0.2, 0.25) is 0 Å². The number of pyridine rings is 1. The van der Waals surface area contributed by atoms with Crippen molar-refractivity contribution in [1.29, 1.82) is 0 Å². The minimum Gasteiger partial charge on any atom is -0.480 e. The number of nitrogens with two attached hydrogens (primary N) is 1. The third kappa shape index (κ3) is 4.27. The van der Waals surface area contributed by atoms with Crippen LogP contribution in [0.4, 0.5) is 5.82 Å². The summed E-state index contributed by atoms with van der Waals surface area (Å²) in [7, 11) is 0. The number of anilines is 1. The fraction of sp³-hybridized carbons (Fsp3) is 0.455. The van der Waals surface area contributed by atoms with Crippen LogP contribution in [0.15, 0.2) is 24.4 Å². The molecule has 5 nitrogen and oxygen atoms in total. The molecule has 1 aromatic heterocycles. The molecule has 16 heavy (non-hydrogen) atoms. The van der Waals surface area contributed by atoms with Gasteiger partial charge in [-0.25, -0.2) is 9.78 Å². The maximum absolute atomic E-state index is 11.0. The molecule has 0 bridgehead atoms. The van der Waals surface area contributed by atoms with Gasteiger partial charge in [0.15, 0.2) is 0 Å². The lowest BCUT2D eigenvalue weighted by molar-refractivity contribution is -0.138. The van der Waals surface area contributed by atoms with E-state index in [9.17, 15) is 4.79 Å². The Morgan fingerprint density at radius 2 is 2.31 bits per heavy atom. The zero-order chi connectivity index (χ0) is 11.8. The molecule has 5 heteroatoms. The van der Waals surface area contributed by atoms with E-state index < -0.39 is 12.0 Å². The lowest BCUT2D eigenvalue weighted by Gasteiger charge is -2.14. The average molecular weight is 223 g/mol. The molecular weight excluding hydrogens is 206 g/mol. The van der Waals surface area contributed by atoms with Crippen LogP contribution in [0, 0.1) is 0 Å². The van der Waals surface area contributed by atoms with Crippen LogP contribution < -0.4 is 11.1 Å². The third-order valence-electron chi connectivity index (χ3n) is 2.23. The van der Waals surface area contributed by atoms with Gasteiger partial charge < -0.3 is 16.2 Å². The van der Waals surface area contributed by atoms with E-state index >= 15 is 0 Å². The Balaban J connectivity index is 2.48. The van der Waals surface area contributed by atoms with Crippen LogP contribution in [0.25, 0.3) is 0 Å². The molecule has 0 unspecified atom stereocenters. The first kappa shape index (κ1) is 12.4. The Morgan fingerprint density at radius 3 is 2.88 bits per heavy atom. The van der Waals surface area contributed by atoms with E-state index in [-0.39, 0.29) is 0 Å². The second kappa shape index (κ2) is 6.79. The lowest BCUT2D eigenvalue weighted by atomic mass is 10.1. The van der Waals surface area contributed by atoms with Crippen molar-refractivity contribution in [3.63, 3.8) is 0 Å². The Kier molecular flexibility index (Phi) is 5.28. The van der Waals surface area contributed by atoms with E-state index in [1.165, 1.54) is 0 Å². The van der Waals surface area contributed by atoms with Crippen LogP contribution >= 0.6 is 0 Å². The zero-order valence-electron chi connectivity index (χ0n) is 9.10. The van der Waals surface area contributed by atoms with Gasteiger partial charge in [0.25, 0.3) is 0 Å². The number of rotatable bonds is 7. The molecule has 1 rings (SSSR count). The highest BCUT2D eigenvalue weighted by Gasteiger charge is 2.16. The van der Waals surface area contributed by atoms with Crippen LogP contribution in [-0.2, 0) is 4.79 Å². The highest BCUT2D eigenvalue weighted by molar-refractivity contribution is 5.76. The summed E-state index contributed by atoms with van der Waals surface area (Å²) in [5, 5.41) is 11.9. The van der Waals surface area contributed by atoms with Crippen LogP contribution in [0.5, 0.6) is 0 Å². The summed E-state index contributed by atoms with van der Waals surface area (Å²) in [6.07, 6.45) is 3.82. The number of aromatic nitrogens is 1. The summed E-state index contributed by atoms with van der Waals surface area (Å²) in [4.78, 5) is 15.0. The van der Waals surface area contributed by atoms with Gasteiger partial charge in [0.1, 0.15) is 11.9 Å². The van der Waals surface area contributed by atoms with Crippen LogP contribution in [0.1, 0.15) is 19.3 Å². The maximum Gasteiger partial charge on any atom is 0.326 e. The molecule has 4 N–H and O–H groups in total. The molecule has 0 saturated heterocycles. The van der Waals surface area contributed by atoms with E-state index in [1.54, 1.807) is 18.3 Å². The number of carbonyl (C=O) groups is 1. The largest absolute Gasteiger partial charge is 0.480 e. The van der Waals surface area contributed by atoms with Crippen molar-refractivity contribution in [3.8, 4) is 0 Å². The zero-order valence-corrected chi connectivity index (χ0v) is 9.10. The van der Waals surface area contributed by atoms with Gasteiger partial charge in [-0.3, -0.25) is 0 Å². The summed E-state index contributed by atoms with van der Waals surface area (Å²) in [5.74, 6) is -0.273. The molecule has 1 aromatic rings. The summed E-state index contributed by atoms with van der Waals surface area (Å²) in [5.41, 5.74) is 5.36. The predicted octanol–water partition coefficient (Wildman–Crippen LogP) is 1.08. The maximum atomic E-state index is 11.0. The smallest absolute Gasteiger partial charge is 0.326 e. The van der Waals surface area contributed by atoms with Crippen molar-refractivity contribution < 1.29 is 9.90 Å². The quantitative estimate of drug-likeness (QED) is 0.602. The Labute approximate surface area is 94.7 Å². The van der Waals surface area contributed by atoms with Crippen molar-refractivity contribution in [2.45, 2.75) is 25.3 Å². The summed E-state index contributed by atoms with van der Waals surface area (Å²) in [6.45, 7) is 0.593. The number of nitrogens with one attached hydrogen (secondary N) is 1. The van der Waals surface area contributed by atoms with Crippen LogP contribution in [0.3, 0.4) is 0 Å². The van der Waals surface area contributed by atoms with Crippen LogP contribution in [0.2, 0.25) is 0 Å². The number of hydrogen-bond donors (Lipinski definition) is 3. The van der Waals surface area contributed by atoms with Gasteiger partial charge >= 0.3 is 5.97 Å². The second-order valence-corrected chi connectivity index (χ2v) is 3.53. The highest BCUT2D eigenvalue weighted by Crippen LogP contribution is 2.08. The van der Waals surface area contributed by atoms with Crippen LogP contribution in [-0.4, -0.2) is 28.6 Å². The topological polar surface area (TPSA) is 88.2 Å². The highest BCUT2D eigenvalue weighted by atomic mass is 16.4. The molecule has 0 fully saturated rings. The molecule has 0 saturated carbocycles. The summed E-state index contributed by atoms with van der Waals surface area (Å²) in [6, 6.07) is 4.75. The number of unbranched alkanes of at least 4 members (excludes halogenated alkanes) is 1. The predicted molar refractivity (Wildman–Crippen MR) is 62.2 cm³/mol. The minimum absolute atomic E-state index is 0.559. The van der Waals surface area contributed by atoms with E-state index in [1.807, 2.05) is 6.07 Å². The van der Waals surface area contributed by atoms with Gasteiger partial charge in [-0.2, -0.15) is 0 Å². The first-order valence-electron chi connectivity index (χ1n) is 5.34. The first-order valence-corrected chi connectivity index (χ1v) is 5.34. The second-order valence-electron chi connectivity index (χ2n) is 3.53. The Hall–Kier alpha value is -1.62. The van der Waals surface area contributed by atoms with Crippen molar-refractivity contribution in [2.24, 2.45) is 5.73 Å². The molecular formula is C11H17N3O2. The molecule has 0 amide bonds. The van der Waals surface area contributed by atoms with Gasteiger partial charge in [0, 0.05) is 6.20 Å². The molecule has 0 aliphatic rings. The Bertz CT molecular complexity index is 316. The molecule has 1 atom stereocenters. The van der Waals surface area contributed by atoms with Crippen molar-refractivity contribution in [3.05, 3.63) is 24.4 Å². The number of carboxylic acids is 1. The summed E-state index contributed by atoms with van der Waals surface area (Å²) < 4.78 is 0. The van der Waals surface area contributed by atoms with Gasteiger partial charge in [-0.05, 0) is 37.9 Å². The van der Waals surface area contributed by atoms with E-state index in [4.69, 9.17) is 10.8 Å². The van der Waals surface area contributed by atoms with Crippen molar-refractivity contribution in [1.82, 2.24) is 4.98 Å². The van der Waals surface area contributed by atoms with Gasteiger partial charge in [-0.15, -0.1) is 0 Å². The normalized spacial score (nSPS) is 12.1. The van der Waals surface area contributed by atoms with E-state index in [0.717, 1.165) is 12.8 Å². The van der Waals surface area contributed by atoms with Crippen molar-refractivity contribution in [2.75, 3.05) is 11.9 Å². The fourth-order valence-corrected chi connectivity index (χ4v) is 1.38. The molecule has 88 valence electrons. The average Bonchev–Trinajstić information content (AvgIpc) is 2.29. The fourth-order valence-electron chi connectivity index (χ4n) is 1.38. The number of carboxylic acid groups (broad SMARTS) is 1. The van der Waals surface area contributed by atoms with Gasteiger partial charge in [0.05, 0.1) is 0 Å². The minimum atomic E-state index is -0.859. The van der Waals surface area contributed by atoms with Crippen molar-refractivity contribution >= 4 is 11.8 Å². The Morgan fingerprint density at radius 1 is 1.50 bits per heavy atom. The van der Waals surface area contributed by atoms with E-state index in [0.29, 0.717) is 18.8 Å². The number of nitrogens with zero attached hydrogens (tertiary/aromatic N) is 1. The first-order chi connectivity index (χ1) is 7.74. The van der Waals surface area contributed by atoms with E-state index in [2.05, 4.69) is 10.3 Å². The molecule has 0 radical (unpaired) electrons. The number of aliphatic carboxylic acids is 1. The molecule has 0 aromatic carbocycles. The van der Waals surface area contributed by atoms with Gasteiger partial charge in [-0.1, -0.05) is 6.07 Å².